The first kappa shape index (κ1) is 16.2. The van der Waals surface area contributed by atoms with E-state index in [1.54, 1.807) is 42.7 Å². The first-order valence-corrected chi connectivity index (χ1v) is 8.57. The van der Waals surface area contributed by atoms with Gasteiger partial charge < -0.3 is 10.1 Å². The van der Waals surface area contributed by atoms with Crippen molar-refractivity contribution in [1.82, 2.24) is 14.8 Å². The average molecular weight is 342 g/mol. The van der Waals surface area contributed by atoms with E-state index in [0.717, 1.165) is 6.42 Å². The van der Waals surface area contributed by atoms with Gasteiger partial charge in [-0.2, -0.15) is 5.10 Å². The Bertz CT molecular complexity index is 814. The number of thiazole rings is 1. The zero-order chi connectivity index (χ0) is 16.9. The molecule has 2 aromatic heterocycles. The van der Waals surface area contributed by atoms with Crippen LogP contribution in [-0.2, 0) is 0 Å². The van der Waals surface area contributed by atoms with E-state index in [1.807, 2.05) is 10.1 Å². The molecule has 3 aromatic rings. The molecule has 1 N–H and O–H groups in total. The molecule has 6 nitrogen and oxygen atoms in total. The van der Waals surface area contributed by atoms with Gasteiger partial charge in [-0.05, 0) is 31.5 Å². The molecule has 0 saturated carbocycles. The van der Waals surface area contributed by atoms with Crippen molar-refractivity contribution in [2.45, 2.75) is 26.3 Å². The fraction of sp³-hybridized carbons (Fsp3) is 0.235. The van der Waals surface area contributed by atoms with Crippen LogP contribution in [0.15, 0.2) is 48.1 Å². The van der Waals surface area contributed by atoms with Gasteiger partial charge in [0.25, 0.3) is 11.1 Å². The number of rotatable bonds is 6. The van der Waals surface area contributed by atoms with Crippen molar-refractivity contribution in [2.75, 3.05) is 5.32 Å². The van der Waals surface area contributed by atoms with Gasteiger partial charge in [-0.1, -0.05) is 24.3 Å². The van der Waals surface area contributed by atoms with Gasteiger partial charge in [0, 0.05) is 23.2 Å². The molecule has 1 aromatic carbocycles. The second kappa shape index (κ2) is 7.27. The Hall–Kier alpha value is -2.67. The molecule has 24 heavy (non-hydrogen) atoms. The zero-order valence-corrected chi connectivity index (χ0v) is 14.3. The highest BCUT2D eigenvalue weighted by Gasteiger charge is 2.13. The molecule has 2 heterocycles. The Morgan fingerprint density at radius 2 is 2.25 bits per heavy atom. The second-order valence-electron chi connectivity index (χ2n) is 5.30. The maximum absolute atomic E-state index is 12.5. The first-order valence-electron chi connectivity index (χ1n) is 7.69. The van der Waals surface area contributed by atoms with Crippen molar-refractivity contribution in [2.24, 2.45) is 0 Å². The predicted octanol–water partition coefficient (Wildman–Crippen LogP) is 4.36. The van der Waals surface area contributed by atoms with E-state index in [4.69, 9.17) is 4.74 Å². The van der Waals surface area contributed by atoms with Crippen molar-refractivity contribution in [3.8, 4) is 10.9 Å². The van der Waals surface area contributed by atoms with E-state index in [9.17, 15) is 4.79 Å². The molecule has 1 atom stereocenters. The summed E-state index contributed by atoms with van der Waals surface area (Å²) in [5.41, 5.74) is 0.515. The summed E-state index contributed by atoms with van der Waals surface area (Å²) in [7, 11) is 0. The van der Waals surface area contributed by atoms with Crippen LogP contribution in [0.2, 0.25) is 0 Å². The lowest BCUT2D eigenvalue weighted by atomic mass is 10.2. The number of hydrogen-bond donors (Lipinski definition) is 1. The van der Waals surface area contributed by atoms with Gasteiger partial charge in [0.05, 0.1) is 12.2 Å². The highest BCUT2D eigenvalue weighted by molar-refractivity contribution is 7.11. The minimum absolute atomic E-state index is 0.204. The first-order chi connectivity index (χ1) is 11.7. The van der Waals surface area contributed by atoms with Crippen LogP contribution < -0.4 is 10.1 Å². The molecule has 3 rings (SSSR count). The fourth-order valence-corrected chi connectivity index (χ4v) is 2.69. The Morgan fingerprint density at radius 1 is 1.38 bits per heavy atom. The van der Waals surface area contributed by atoms with Gasteiger partial charge in [-0.25, -0.2) is 9.67 Å². The number of aromatic nitrogens is 3. The summed E-state index contributed by atoms with van der Waals surface area (Å²) in [6.07, 6.45) is 4.29. The molecule has 0 radical (unpaired) electrons. The highest BCUT2D eigenvalue weighted by atomic mass is 32.1. The van der Waals surface area contributed by atoms with Gasteiger partial charge in [0.1, 0.15) is 11.6 Å². The van der Waals surface area contributed by atoms with Crippen LogP contribution in [0.25, 0.3) is 0 Å². The van der Waals surface area contributed by atoms with E-state index in [-0.39, 0.29) is 11.9 Å². The van der Waals surface area contributed by atoms with Gasteiger partial charge >= 0.3 is 0 Å². The highest BCUT2D eigenvalue weighted by Crippen LogP contribution is 2.24. The van der Waals surface area contributed by atoms with Crippen LogP contribution in [0, 0.1) is 0 Å². The van der Waals surface area contributed by atoms with Crippen LogP contribution in [0.3, 0.4) is 0 Å². The molecule has 0 aliphatic heterocycles. The summed E-state index contributed by atoms with van der Waals surface area (Å²) in [6.45, 7) is 4.14. The molecule has 7 heteroatoms. The third-order valence-electron chi connectivity index (χ3n) is 3.63. The summed E-state index contributed by atoms with van der Waals surface area (Å²) in [4.78, 5) is 16.6. The monoisotopic (exact) mass is 342 g/mol. The number of nitrogens with one attached hydrogen (secondary N) is 1. The Morgan fingerprint density at radius 3 is 3.00 bits per heavy atom. The molecule has 124 valence electrons. The molecular weight excluding hydrogens is 324 g/mol. The van der Waals surface area contributed by atoms with Crippen molar-refractivity contribution in [1.29, 1.82) is 0 Å². The van der Waals surface area contributed by atoms with E-state index < -0.39 is 0 Å². The smallest absolute Gasteiger partial charge is 0.278 e. The largest absolute Gasteiger partial charge is 0.431 e. The molecular formula is C17H18N4O2S. The van der Waals surface area contributed by atoms with Gasteiger partial charge in [-0.15, -0.1) is 0 Å². The summed E-state index contributed by atoms with van der Waals surface area (Å²) >= 11 is 1.40. The van der Waals surface area contributed by atoms with Crippen molar-refractivity contribution in [3.05, 3.63) is 53.7 Å². The Kier molecular flexibility index (Phi) is 4.90. The molecule has 0 spiro atoms. The number of benzene rings is 1. The van der Waals surface area contributed by atoms with Crippen molar-refractivity contribution < 1.29 is 9.53 Å². The normalized spacial score (nSPS) is 11.9. The summed E-state index contributed by atoms with van der Waals surface area (Å²) in [5, 5.41) is 9.55. The molecule has 0 saturated heterocycles. The van der Waals surface area contributed by atoms with Crippen LogP contribution in [0.5, 0.6) is 10.9 Å². The molecule has 0 unspecified atom stereocenters. The van der Waals surface area contributed by atoms with Crippen LogP contribution in [0.4, 0.5) is 5.82 Å². The van der Waals surface area contributed by atoms with Gasteiger partial charge in [0.15, 0.2) is 0 Å². The maximum atomic E-state index is 12.5. The zero-order valence-electron chi connectivity index (χ0n) is 13.5. The number of amides is 1. The van der Waals surface area contributed by atoms with E-state index in [0.29, 0.717) is 22.3 Å². The van der Waals surface area contributed by atoms with Gasteiger partial charge in [-0.3, -0.25) is 4.79 Å². The standard InChI is InChI=1S/C17H18N4O2S/c1-3-12(2)21-15(7-8-19-21)20-16(22)13-5-4-6-14(11-13)23-17-18-9-10-24-17/h4-12H,3H2,1-2H3,(H,20,22)/t12-/m1/s1. The van der Waals surface area contributed by atoms with Crippen LogP contribution in [-0.4, -0.2) is 20.7 Å². The fourth-order valence-electron chi connectivity index (χ4n) is 2.19. The van der Waals surface area contributed by atoms with Crippen molar-refractivity contribution in [3.63, 3.8) is 0 Å². The number of ether oxygens (including phenoxy) is 1. The lowest BCUT2D eigenvalue weighted by molar-refractivity contribution is 0.102. The number of hydrogen-bond acceptors (Lipinski definition) is 5. The number of anilines is 1. The second-order valence-corrected chi connectivity index (χ2v) is 6.16. The third-order valence-corrected chi connectivity index (χ3v) is 4.28. The number of carbonyl (C=O) groups is 1. The van der Waals surface area contributed by atoms with E-state index >= 15 is 0 Å². The number of carbonyl (C=O) groups excluding carboxylic acids is 1. The van der Waals surface area contributed by atoms with E-state index in [2.05, 4.69) is 29.2 Å². The predicted molar refractivity (Wildman–Crippen MR) is 93.8 cm³/mol. The van der Waals surface area contributed by atoms with E-state index in [1.165, 1.54) is 11.3 Å². The molecule has 0 aliphatic rings. The topological polar surface area (TPSA) is 69.0 Å². The average Bonchev–Trinajstić information content (AvgIpc) is 3.26. The Labute approximate surface area is 144 Å². The molecule has 0 aliphatic carbocycles. The molecule has 0 fully saturated rings. The number of nitrogens with zero attached hydrogens (tertiary/aromatic N) is 3. The van der Waals surface area contributed by atoms with Crippen LogP contribution in [0.1, 0.15) is 36.7 Å². The van der Waals surface area contributed by atoms with Crippen molar-refractivity contribution >= 4 is 23.1 Å². The lowest BCUT2D eigenvalue weighted by Crippen LogP contribution is -2.17. The minimum atomic E-state index is -0.204. The third kappa shape index (κ3) is 3.62. The maximum Gasteiger partial charge on any atom is 0.278 e. The molecule has 0 bridgehead atoms. The quantitative estimate of drug-likeness (QED) is 0.723. The summed E-state index contributed by atoms with van der Waals surface area (Å²) in [6, 6.07) is 9.02. The van der Waals surface area contributed by atoms with Crippen LogP contribution >= 0.6 is 11.3 Å². The SMILES string of the molecule is CC[C@@H](C)n1nccc1NC(=O)c1cccc(Oc2nccs2)c1. The summed E-state index contributed by atoms with van der Waals surface area (Å²) < 4.78 is 7.45. The van der Waals surface area contributed by atoms with Gasteiger partial charge in [0.2, 0.25) is 0 Å². The Balaban J connectivity index is 1.75. The lowest BCUT2D eigenvalue weighted by Gasteiger charge is -2.14. The minimum Gasteiger partial charge on any atom is -0.431 e. The molecule has 1 amide bonds. The summed E-state index contributed by atoms with van der Waals surface area (Å²) in [5.74, 6) is 1.05.